The topological polar surface area (TPSA) is 67.4 Å². The molecule has 0 aliphatic carbocycles. The highest BCUT2D eigenvalue weighted by Gasteiger charge is 2.11. The van der Waals surface area contributed by atoms with Crippen LogP contribution in [0, 0.1) is 20.8 Å². The molecule has 0 aromatic heterocycles. The van der Waals surface area contributed by atoms with Gasteiger partial charge in [0.15, 0.2) is 0 Å². The van der Waals surface area contributed by atoms with Crippen molar-refractivity contribution < 1.29 is 14.3 Å². The number of nitrogens with one attached hydrogen (secondary N) is 2. The first-order chi connectivity index (χ1) is 11.9. The maximum absolute atomic E-state index is 12.1. The zero-order chi connectivity index (χ0) is 18.4. The van der Waals surface area contributed by atoms with Gasteiger partial charge in [-0.2, -0.15) is 0 Å². The molecule has 0 radical (unpaired) electrons. The molecular weight excluding hydrogens is 316 g/mol. The number of amides is 2. The van der Waals surface area contributed by atoms with E-state index in [0.29, 0.717) is 12.2 Å². The van der Waals surface area contributed by atoms with Gasteiger partial charge in [0, 0.05) is 18.4 Å². The Bertz CT molecular complexity index is 744. The molecular formula is C20H24N2O3. The standard InChI is InChI=1S/C20H24N2O3/c1-13-9-14(2)19(15(3)10-13)22-18(23)11-21-20(24)17-7-5-16(6-8-17)12-25-4/h5-10H,11-12H2,1-4H3,(H,21,24)(H,22,23). The number of hydrogen-bond acceptors (Lipinski definition) is 3. The predicted octanol–water partition coefficient (Wildman–Crippen LogP) is 3.13. The Morgan fingerprint density at radius 3 is 2.16 bits per heavy atom. The first kappa shape index (κ1) is 18.7. The summed E-state index contributed by atoms with van der Waals surface area (Å²) in [5.74, 6) is -0.532. The Kier molecular flexibility index (Phi) is 6.31. The van der Waals surface area contributed by atoms with E-state index in [9.17, 15) is 9.59 Å². The maximum atomic E-state index is 12.1. The summed E-state index contributed by atoms with van der Waals surface area (Å²) < 4.78 is 5.04. The molecule has 2 aromatic carbocycles. The fraction of sp³-hybridized carbons (Fsp3) is 0.300. The van der Waals surface area contributed by atoms with E-state index in [1.807, 2.05) is 45.0 Å². The van der Waals surface area contributed by atoms with Crippen molar-refractivity contribution in [3.63, 3.8) is 0 Å². The number of rotatable bonds is 6. The largest absolute Gasteiger partial charge is 0.380 e. The van der Waals surface area contributed by atoms with Gasteiger partial charge in [0.2, 0.25) is 5.91 Å². The van der Waals surface area contributed by atoms with Gasteiger partial charge in [-0.05, 0) is 49.6 Å². The molecule has 0 saturated carbocycles. The molecule has 0 heterocycles. The van der Waals surface area contributed by atoms with Crippen molar-refractivity contribution in [2.45, 2.75) is 27.4 Å². The van der Waals surface area contributed by atoms with E-state index in [-0.39, 0.29) is 18.4 Å². The van der Waals surface area contributed by atoms with Crippen molar-refractivity contribution in [2.24, 2.45) is 0 Å². The minimum atomic E-state index is -0.281. The van der Waals surface area contributed by atoms with Crippen LogP contribution in [0.4, 0.5) is 5.69 Å². The molecule has 25 heavy (non-hydrogen) atoms. The van der Waals surface area contributed by atoms with Crippen molar-refractivity contribution in [3.8, 4) is 0 Å². The van der Waals surface area contributed by atoms with Crippen LogP contribution in [-0.2, 0) is 16.1 Å². The first-order valence-electron chi connectivity index (χ1n) is 8.14. The van der Waals surface area contributed by atoms with Gasteiger partial charge in [-0.3, -0.25) is 9.59 Å². The molecule has 0 fully saturated rings. The summed E-state index contributed by atoms with van der Waals surface area (Å²) >= 11 is 0. The van der Waals surface area contributed by atoms with Gasteiger partial charge in [-0.25, -0.2) is 0 Å². The smallest absolute Gasteiger partial charge is 0.251 e. The van der Waals surface area contributed by atoms with Crippen LogP contribution < -0.4 is 10.6 Å². The van der Waals surface area contributed by atoms with Crippen molar-refractivity contribution >= 4 is 17.5 Å². The Hall–Kier alpha value is -2.66. The van der Waals surface area contributed by atoms with E-state index in [4.69, 9.17) is 4.74 Å². The van der Waals surface area contributed by atoms with Crippen LogP contribution >= 0.6 is 0 Å². The van der Waals surface area contributed by atoms with E-state index >= 15 is 0 Å². The lowest BCUT2D eigenvalue weighted by Crippen LogP contribution is -2.33. The second-order valence-corrected chi connectivity index (χ2v) is 6.13. The number of benzene rings is 2. The van der Waals surface area contributed by atoms with Gasteiger partial charge in [0.1, 0.15) is 0 Å². The molecule has 0 bridgehead atoms. The molecule has 132 valence electrons. The number of carbonyl (C=O) groups excluding carboxylic acids is 2. The van der Waals surface area contributed by atoms with Gasteiger partial charge in [0.25, 0.3) is 5.91 Å². The Labute approximate surface area is 148 Å². The van der Waals surface area contributed by atoms with Crippen molar-refractivity contribution in [1.29, 1.82) is 0 Å². The molecule has 0 unspecified atom stereocenters. The molecule has 0 spiro atoms. The van der Waals surface area contributed by atoms with E-state index < -0.39 is 0 Å². The number of methoxy groups -OCH3 is 1. The zero-order valence-corrected chi connectivity index (χ0v) is 15.1. The maximum Gasteiger partial charge on any atom is 0.251 e. The number of aryl methyl sites for hydroxylation is 3. The van der Waals surface area contributed by atoms with Crippen LogP contribution in [0.5, 0.6) is 0 Å². The van der Waals surface area contributed by atoms with Gasteiger partial charge >= 0.3 is 0 Å². The molecule has 0 aliphatic heterocycles. The average Bonchev–Trinajstić information content (AvgIpc) is 2.57. The summed E-state index contributed by atoms with van der Waals surface area (Å²) in [6.45, 7) is 6.35. The molecule has 2 amide bonds. The highest BCUT2D eigenvalue weighted by atomic mass is 16.5. The van der Waals surface area contributed by atoms with Crippen LogP contribution in [0.3, 0.4) is 0 Å². The van der Waals surface area contributed by atoms with Gasteiger partial charge < -0.3 is 15.4 Å². The molecule has 2 N–H and O–H groups in total. The Balaban J connectivity index is 1.92. The summed E-state index contributed by atoms with van der Waals surface area (Å²) in [5.41, 5.74) is 5.46. The third-order valence-electron chi connectivity index (χ3n) is 3.88. The molecule has 0 aliphatic rings. The molecule has 2 aromatic rings. The van der Waals surface area contributed by atoms with Crippen LogP contribution in [0.1, 0.15) is 32.6 Å². The van der Waals surface area contributed by atoms with Crippen molar-refractivity contribution in [2.75, 3.05) is 19.0 Å². The number of anilines is 1. The minimum Gasteiger partial charge on any atom is -0.380 e. The molecule has 0 saturated heterocycles. The fourth-order valence-corrected chi connectivity index (χ4v) is 2.74. The number of ether oxygens (including phenoxy) is 1. The van der Waals surface area contributed by atoms with Gasteiger partial charge in [-0.15, -0.1) is 0 Å². The lowest BCUT2D eigenvalue weighted by molar-refractivity contribution is -0.115. The Morgan fingerprint density at radius 2 is 1.60 bits per heavy atom. The summed E-state index contributed by atoms with van der Waals surface area (Å²) in [6, 6.07) is 11.1. The van der Waals surface area contributed by atoms with Crippen LogP contribution in [0.25, 0.3) is 0 Å². The van der Waals surface area contributed by atoms with E-state index in [1.165, 1.54) is 0 Å². The lowest BCUT2D eigenvalue weighted by atomic mass is 10.1. The third kappa shape index (κ3) is 5.16. The monoisotopic (exact) mass is 340 g/mol. The highest BCUT2D eigenvalue weighted by Crippen LogP contribution is 2.21. The van der Waals surface area contributed by atoms with Crippen molar-refractivity contribution in [1.82, 2.24) is 5.32 Å². The second kappa shape index (κ2) is 8.44. The molecule has 2 rings (SSSR count). The Morgan fingerprint density at radius 1 is 1.00 bits per heavy atom. The number of carbonyl (C=O) groups is 2. The first-order valence-corrected chi connectivity index (χ1v) is 8.14. The van der Waals surface area contributed by atoms with Crippen LogP contribution in [0.2, 0.25) is 0 Å². The summed E-state index contributed by atoms with van der Waals surface area (Å²) in [4.78, 5) is 24.3. The minimum absolute atomic E-state index is 0.0780. The van der Waals surface area contributed by atoms with E-state index in [1.54, 1.807) is 19.2 Å². The molecule has 5 heteroatoms. The summed E-state index contributed by atoms with van der Waals surface area (Å²) in [5, 5.41) is 5.51. The lowest BCUT2D eigenvalue weighted by Gasteiger charge is -2.13. The van der Waals surface area contributed by atoms with Gasteiger partial charge in [-0.1, -0.05) is 29.8 Å². The van der Waals surface area contributed by atoms with E-state index in [2.05, 4.69) is 10.6 Å². The second-order valence-electron chi connectivity index (χ2n) is 6.13. The van der Waals surface area contributed by atoms with Crippen LogP contribution in [0.15, 0.2) is 36.4 Å². The molecule has 0 atom stereocenters. The van der Waals surface area contributed by atoms with Gasteiger partial charge in [0.05, 0.1) is 13.2 Å². The fourth-order valence-electron chi connectivity index (χ4n) is 2.74. The highest BCUT2D eigenvalue weighted by molar-refractivity contribution is 5.99. The molecule has 5 nitrogen and oxygen atoms in total. The quantitative estimate of drug-likeness (QED) is 0.849. The predicted molar refractivity (Wildman–Crippen MR) is 98.8 cm³/mol. The average molecular weight is 340 g/mol. The SMILES string of the molecule is COCc1ccc(C(=O)NCC(=O)Nc2c(C)cc(C)cc2C)cc1. The summed E-state index contributed by atoms with van der Waals surface area (Å²) in [6.07, 6.45) is 0. The summed E-state index contributed by atoms with van der Waals surface area (Å²) in [7, 11) is 1.62. The van der Waals surface area contributed by atoms with Crippen molar-refractivity contribution in [3.05, 3.63) is 64.2 Å². The zero-order valence-electron chi connectivity index (χ0n) is 15.1. The van der Waals surface area contributed by atoms with E-state index in [0.717, 1.165) is 27.9 Å². The number of hydrogen-bond donors (Lipinski definition) is 2. The van der Waals surface area contributed by atoms with Crippen LogP contribution in [-0.4, -0.2) is 25.5 Å². The normalized spacial score (nSPS) is 10.4. The third-order valence-corrected chi connectivity index (χ3v) is 3.88.